The summed E-state index contributed by atoms with van der Waals surface area (Å²) in [4.78, 5) is 12.3. The SMILES string of the molecule is CC(C)(C)Oc1cc2c(-c3cc(Cl)ncn3)n[n-]c2cn1.[Tm]. The quantitative estimate of drug-likeness (QED) is 0.535. The molecule has 3 aromatic rings. The summed E-state index contributed by atoms with van der Waals surface area (Å²) in [7, 11) is 0. The number of fused-ring (bicyclic) bond motifs is 1. The van der Waals surface area contributed by atoms with Crippen LogP contribution in [0.4, 0.5) is 0 Å². The van der Waals surface area contributed by atoms with Crippen LogP contribution in [0.15, 0.2) is 24.7 Å². The first kappa shape index (κ1) is 17.4. The summed E-state index contributed by atoms with van der Waals surface area (Å²) in [6, 6.07) is 3.46. The predicted octanol–water partition coefficient (Wildman–Crippen LogP) is 2.87. The van der Waals surface area contributed by atoms with Gasteiger partial charge in [-0.25, -0.2) is 15.0 Å². The summed E-state index contributed by atoms with van der Waals surface area (Å²) in [5.41, 5.74) is 1.61. The molecule has 0 bridgehead atoms. The Hall–Kier alpha value is -0.976. The van der Waals surface area contributed by atoms with Crippen LogP contribution in [0.5, 0.6) is 5.88 Å². The standard InChI is InChI=1S/C14H13ClN5O.Tm/c1-14(2,3)21-12-4-8-10(6-16-12)19-20-13(8)9-5-11(15)18-7-17-9;/h4-7H,1-3H3;/q-1;. The summed E-state index contributed by atoms with van der Waals surface area (Å²) in [6.07, 6.45) is 3.03. The van der Waals surface area contributed by atoms with Crippen LogP contribution in [-0.2, 0) is 0 Å². The maximum absolute atomic E-state index is 5.89. The van der Waals surface area contributed by atoms with Crippen LogP contribution in [-0.4, -0.2) is 25.7 Å². The minimum absolute atomic E-state index is 0. The Bertz CT molecular complexity index is 799. The molecular formula is C14H13ClN5OTm-. The van der Waals surface area contributed by atoms with E-state index in [9.17, 15) is 0 Å². The van der Waals surface area contributed by atoms with Crippen molar-refractivity contribution in [2.24, 2.45) is 0 Å². The fraction of sp³-hybridized carbons (Fsp3) is 0.286. The van der Waals surface area contributed by atoms with Crippen molar-refractivity contribution in [1.29, 1.82) is 0 Å². The van der Waals surface area contributed by atoms with Crippen LogP contribution in [0.2, 0.25) is 5.15 Å². The van der Waals surface area contributed by atoms with E-state index in [0.717, 1.165) is 5.39 Å². The third kappa shape index (κ3) is 3.86. The molecule has 22 heavy (non-hydrogen) atoms. The van der Waals surface area contributed by atoms with Crippen molar-refractivity contribution in [2.45, 2.75) is 26.4 Å². The molecule has 0 atom stereocenters. The second-order valence-corrected chi connectivity index (χ2v) is 5.92. The van der Waals surface area contributed by atoms with Crippen LogP contribution < -0.4 is 9.84 Å². The molecule has 0 fully saturated rings. The van der Waals surface area contributed by atoms with Gasteiger partial charge in [-0.2, -0.15) is 0 Å². The molecule has 6 nitrogen and oxygen atoms in total. The van der Waals surface area contributed by atoms with Gasteiger partial charge in [-0.05, 0) is 26.2 Å². The van der Waals surface area contributed by atoms with Crippen LogP contribution in [0.25, 0.3) is 22.3 Å². The van der Waals surface area contributed by atoms with Crippen molar-refractivity contribution in [1.82, 2.24) is 25.1 Å². The third-order valence-electron chi connectivity index (χ3n) is 2.66. The second-order valence-electron chi connectivity index (χ2n) is 5.53. The molecule has 0 saturated carbocycles. The van der Waals surface area contributed by atoms with Gasteiger partial charge in [0.2, 0.25) is 5.88 Å². The average Bonchev–Trinajstić information content (AvgIpc) is 2.80. The number of hydrogen-bond donors (Lipinski definition) is 0. The zero-order valence-electron chi connectivity index (χ0n) is 12.1. The van der Waals surface area contributed by atoms with Crippen molar-refractivity contribution < 1.29 is 41.6 Å². The average molecular weight is 472 g/mol. The molecule has 0 aliphatic rings. The Labute approximate surface area is 161 Å². The molecule has 0 N–H and O–H groups in total. The maximum Gasteiger partial charge on any atom is 0.214 e. The number of pyridine rings is 1. The molecule has 121 valence electrons. The van der Waals surface area contributed by atoms with Gasteiger partial charge in [0.15, 0.2) is 0 Å². The van der Waals surface area contributed by atoms with Crippen molar-refractivity contribution in [2.75, 3.05) is 0 Å². The summed E-state index contributed by atoms with van der Waals surface area (Å²) in [6.45, 7) is 5.89. The van der Waals surface area contributed by atoms with Crippen molar-refractivity contribution in [3.8, 4) is 17.3 Å². The van der Waals surface area contributed by atoms with E-state index in [4.69, 9.17) is 16.3 Å². The van der Waals surface area contributed by atoms with Gasteiger partial charge in [0, 0.05) is 55.2 Å². The fourth-order valence-electron chi connectivity index (χ4n) is 1.88. The molecule has 3 heterocycles. The second kappa shape index (κ2) is 6.64. The third-order valence-corrected chi connectivity index (χ3v) is 2.86. The van der Waals surface area contributed by atoms with E-state index in [1.807, 2.05) is 26.8 Å². The Kier molecular flexibility index (Phi) is 5.25. The molecule has 0 aromatic carbocycles. The first-order chi connectivity index (χ1) is 9.92. The van der Waals surface area contributed by atoms with E-state index >= 15 is 0 Å². The minimum atomic E-state index is -0.327. The van der Waals surface area contributed by atoms with Crippen LogP contribution in [0.1, 0.15) is 20.8 Å². The molecular weight excluding hydrogens is 459 g/mol. The monoisotopic (exact) mass is 471 g/mol. The van der Waals surface area contributed by atoms with Crippen molar-refractivity contribution in [3.63, 3.8) is 0 Å². The zero-order valence-corrected chi connectivity index (χ0v) is 14.6. The van der Waals surface area contributed by atoms with Gasteiger partial charge in [0.05, 0.1) is 11.4 Å². The number of rotatable bonds is 2. The normalized spacial score (nSPS) is 11.3. The smallest absolute Gasteiger partial charge is 0.214 e. The number of halogens is 1. The molecule has 0 spiro atoms. The molecule has 0 aliphatic carbocycles. The molecule has 0 aliphatic heterocycles. The van der Waals surface area contributed by atoms with Gasteiger partial charge in [0.1, 0.15) is 17.1 Å². The summed E-state index contributed by atoms with van der Waals surface area (Å²) >= 11 is 5.89. The number of hydrogen-bond acceptors (Lipinski definition) is 5. The predicted molar refractivity (Wildman–Crippen MR) is 79.3 cm³/mol. The molecule has 3 rings (SSSR count). The molecule has 3 aromatic heterocycles. The van der Waals surface area contributed by atoms with E-state index in [-0.39, 0.29) is 42.5 Å². The Morgan fingerprint density at radius 3 is 2.59 bits per heavy atom. The Morgan fingerprint density at radius 1 is 1.14 bits per heavy atom. The van der Waals surface area contributed by atoms with Crippen LogP contribution in [0, 0.1) is 36.9 Å². The summed E-state index contributed by atoms with van der Waals surface area (Å²) in [5, 5.41) is 9.42. The Balaban J connectivity index is 0.00000176. The van der Waals surface area contributed by atoms with Gasteiger partial charge < -0.3 is 14.9 Å². The Morgan fingerprint density at radius 2 is 1.91 bits per heavy atom. The number of aromatic nitrogens is 5. The first-order valence-corrected chi connectivity index (χ1v) is 6.76. The topological polar surface area (TPSA) is 74.9 Å². The largest absolute Gasteiger partial charge is 0.573 e. The zero-order chi connectivity index (χ0) is 15.0. The van der Waals surface area contributed by atoms with Crippen molar-refractivity contribution in [3.05, 3.63) is 29.8 Å². The van der Waals surface area contributed by atoms with Gasteiger partial charge in [0.25, 0.3) is 0 Å². The van der Waals surface area contributed by atoms with Crippen molar-refractivity contribution >= 4 is 22.5 Å². The minimum Gasteiger partial charge on any atom is -0.573 e. The summed E-state index contributed by atoms with van der Waals surface area (Å²) in [5.74, 6) is 0.520. The molecule has 0 amide bonds. The number of nitrogens with zero attached hydrogens (tertiary/aromatic N) is 5. The van der Waals surface area contributed by atoms with E-state index in [1.54, 1.807) is 12.3 Å². The van der Waals surface area contributed by atoms with E-state index < -0.39 is 0 Å². The van der Waals surface area contributed by atoms with Crippen LogP contribution in [0.3, 0.4) is 0 Å². The molecule has 8 heteroatoms. The molecule has 0 unspecified atom stereocenters. The van der Waals surface area contributed by atoms with Gasteiger partial charge >= 0.3 is 0 Å². The molecule has 1 radical (unpaired) electrons. The van der Waals surface area contributed by atoms with Gasteiger partial charge in [-0.15, -0.1) is 0 Å². The summed E-state index contributed by atoms with van der Waals surface area (Å²) < 4.78 is 5.77. The number of ether oxygens (including phenoxy) is 1. The van der Waals surface area contributed by atoms with Gasteiger partial charge in [-0.3, -0.25) is 0 Å². The first-order valence-electron chi connectivity index (χ1n) is 6.38. The van der Waals surface area contributed by atoms with E-state index in [0.29, 0.717) is 27.9 Å². The molecule has 0 saturated heterocycles. The van der Waals surface area contributed by atoms with Crippen LogP contribution >= 0.6 is 11.6 Å². The van der Waals surface area contributed by atoms with Gasteiger partial charge in [-0.1, -0.05) is 17.1 Å². The van der Waals surface area contributed by atoms with E-state index in [1.165, 1.54) is 6.33 Å². The maximum atomic E-state index is 5.89. The van der Waals surface area contributed by atoms with E-state index in [2.05, 4.69) is 25.1 Å². The fourth-order valence-corrected chi connectivity index (χ4v) is 2.02.